The van der Waals surface area contributed by atoms with Crippen LogP contribution < -0.4 is 26.2 Å². The van der Waals surface area contributed by atoms with Crippen LogP contribution in [0.25, 0.3) is 0 Å². The van der Waals surface area contributed by atoms with E-state index < -0.39 is 43.1 Å². The van der Waals surface area contributed by atoms with Crippen molar-refractivity contribution in [3.8, 4) is 0 Å². The third-order valence-electron chi connectivity index (χ3n) is 13.3. The van der Waals surface area contributed by atoms with E-state index in [-0.39, 0.29) is 0 Å². The van der Waals surface area contributed by atoms with Crippen LogP contribution in [-0.2, 0) is 9.47 Å². The molecule has 384 valence electrons. The number of unbranched alkanes of at least 4 members (excludes halogenated alkanes) is 7. The number of carbonyl (C=O) groups excluding carboxylic acids is 1. The molecule has 3 aliphatic rings. The maximum atomic E-state index is 12.0. The molecule has 4 aromatic rings. The molecule has 9 N–H and O–H groups in total. The average molecular weight is 1010 g/mol. The van der Waals surface area contributed by atoms with Gasteiger partial charge in [-0.15, -0.1) is 0 Å². The van der Waals surface area contributed by atoms with Crippen molar-refractivity contribution >= 4 is 57.0 Å². The van der Waals surface area contributed by atoms with Gasteiger partial charge in [-0.05, 0) is 102 Å². The number of aromatic nitrogens is 3. The second-order valence-electron chi connectivity index (χ2n) is 18.6. The van der Waals surface area contributed by atoms with Gasteiger partial charge in [-0.3, -0.25) is 19.9 Å². The summed E-state index contributed by atoms with van der Waals surface area (Å²) >= 11 is 7.96. The summed E-state index contributed by atoms with van der Waals surface area (Å²) in [7, 11) is 0. The number of aryl methyl sites for hydroxylation is 2. The van der Waals surface area contributed by atoms with E-state index in [4.69, 9.17) is 36.8 Å². The fraction of sp³-hybridized carbons (Fsp3) is 0.600. The molecule has 2 aromatic carbocycles. The van der Waals surface area contributed by atoms with Crippen LogP contribution in [0.2, 0.25) is 5.02 Å². The summed E-state index contributed by atoms with van der Waals surface area (Å²) in [6, 6.07) is 12.4. The molecule has 0 aliphatic carbocycles. The summed E-state index contributed by atoms with van der Waals surface area (Å²) in [6.07, 6.45) is 8.05. The van der Waals surface area contributed by atoms with Crippen molar-refractivity contribution in [1.82, 2.24) is 30.1 Å². The molecule has 6 atom stereocenters. The zero-order valence-corrected chi connectivity index (χ0v) is 42.2. The van der Waals surface area contributed by atoms with Gasteiger partial charge in [0.2, 0.25) is 0 Å². The molecular formula is C50H73ClN10O8S. The average Bonchev–Trinajstić information content (AvgIpc) is 3.92. The lowest BCUT2D eigenvalue weighted by atomic mass is 10.0. The Bertz CT molecular complexity index is 2250. The Hall–Kier alpha value is -4.09. The zero-order valence-electron chi connectivity index (χ0n) is 40.6. The first-order valence-electron chi connectivity index (χ1n) is 25.0. The quantitative estimate of drug-likeness (QED) is 0.0240. The predicted octanol–water partition coefficient (Wildman–Crippen LogP) is 6.34. The van der Waals surface area contributed by atoms with E-state index in [2.05, 4.69) is 25.4 Å². The number of benzene rings is 2. The maximum Gasteiger partial charge on any atom is 0.260 e. The molecule has 1 amide bonds. The Morgan fingerprint density at radius 1 is 0.886 bits per heavy atom. The Labute approximate surface area is 420 Å². The number of piperidine rings is 1. The lowest BCUT2D eigenvalue weighted by Gasteiger charge is -2.40. The van der Waals surface area contributed by atoms with Crippen molar-refractivity contribution in [2.24, 2.45) is 5.73 Å². The van der Waals surface area contributed by atoms with E-state index in [9.17, 15) is 30.3 Å². The standard InChI is InChI=1S/C50H73ClN10O8S/c1-33-15-13-17-36(51)45(33)61(50-53-32-39(70-50)46(52)64)41-31-40(54-34(2)55-41)59-25-23-58(24-26-59)22-8-3-4-9-27-68-29-11-6-12-30-69-28-10-5-7-19-42(62)56-37-18-14-16-35-44(37)49(67)60(48(35)66)38-20-21-43(63)57-47(38)65/h13-18,31-32,38,42-43,47-49,56-57,62-63,65-67H,3-12,19-30H2,1-2H3,(H2,52,64). The van der Waals surface area contributed by atoms with Crippen molar-refractivity contribution in [3.63, 3.8) is 0 Å². The largest absolute Gasteiger partial charge is 0.381 e. The van der Waals surface area contributed by atoms with E-state index >= 15 is 0 Å². The number of ether oxygens (including phenoxy) is 2. The number of hydrogen-bond acceptors (Lipinski definition) is 18. The number of thiazole rings is 1. The first-order valence-corrected chi connectivity index (χ1v) is 26.2. The Morgan fingerprint density at radius 2 is 1.56 bits per heavy atom. The van der Waals surface area contributed by atoms with Crippen molar-refractivity contribution in [1.29, 1.82) is 0 Å². The molecule has 70 heavy (non-hydrogen) atoms. The van der Waals surface area contributed by atoms with Gasteiger partial charge in [0.1, 0.15) is 53.5 Å². The molecule has 6 unspecified atom stereocenters. The first-order chi connectivity index (χ1) is 33.9. The van der Waals surface area contributed by atoms with Crippen LogP contribution in [0.4, 0.5) is 28.1 Å². The van der Waals surface area contributed by atoms with Crippen molar-refractivity contribution in [3.05, 3.63) is 81.1 Å². The van der Waals surface area contributed by atoms with Crippen molar-refractivity contribution < 1.29 is 39.8 Å². The number of nitrogens with one attached hydrogen (secondary N) is 2. The van der Waals surface area contributed by atoms with E-state index in [0.717, 1.165) is 127 Å². The molecule has 2 saturated heterocycles. The summed E-state index contributed by atoms with van der Waals surface area (Å²) in [5.41, 5.74) is 8.82. The predicted molar refractivity (Wildman–Crippen MR) is 272 cm³/mol. The van der Waals surface area contributed by atoms with Gasteiger partial charge >= 0.3 is 0 Å². The highest BCUT2D eigenvalue weighted by Gasteiger charge is 2.46. The smallest absolute Gasteiger partial charge is 0.260 e. The van der Waals surface area contributed by atoms with Gasteiger partial charge in [0, 0.05) is 75.5 Å². The van der Waals surface area contributed by atoms with E-state index in [1.54, 1.807) is 18.2 Å². The topological polar surface area (TPSA) is 238 Å². The number of fused-ring (bicyclic) bond motifs is 1. The summed E-state index contributed by atoms with van der Waals surface area (Å²) in [4.78, 5) is 34.7. The second-order valence-corrected chi connectivity index (χ2v) is 20.0. The Balaban J connectivity index is 0.687. The molecule has 0 saturated carbocycles. The van der Waals surface area contributed by atoms with Crippen molar-refractivity contribution in [2.45, 2.75) is 134 Å². The van der Waals surface area contributed by atoms with Crippen LogP contribution in [0, 0.1) is 13.8 Å². The number of amides is 1. The monoisotopic (exact) mass is 1010 g/mol. The number of para-hydroxylation sites is 1. The van der Waals surface area contributed by atoms with Crippen LogP contribution in [0.3, 0.4) is 0 Å². The Morgan fingerprint density at radius 3 is 2.23 bits per heavy atom. The molecule has 20 heteroatoms. The minimum atomic E-state index is -1.18. The van der Waals surface area contributed by atoms with Crippen LogP contribution in [0.1, 0.15) is 128 Å². The number of nitrogens with zero attached hydrogens (tertiary/aromatic N) is 7. The van der Waals surface area contributed by atoms with Gasteiger partial charge in [-0.1, -0.05) is 66.5 Å². The summed E-state index contributed by atoms with van der Waals surface area (Å²) in [5.74, 6) is 1.57. The fourth-order valence-corrected chi connectivity index (χ4v) is 10.7. The molecule has 2 aromatic heterocycles. The first kappa shape index (κ1) is 53.7. The number of aliphatic hydroxyl groups is 5. The molecule has 5 heterocycles. The molecule has 0 spiro atoms. The number of primary amides is 1. The second kappa shape index (κ2) is 26.6. The highest BCUT2D eigenvalue weighted by atomic mass is 35.5. The highest BCUT2D eigenvalue weighted by Crippen LogP contribution is 2.46. The van der Waals surface area contributed by atoms with Crippen molar-refractivity contribution in [2.75, 3.05) is 74.3 Å². The third kappa shape index (κ3) is 14.3. The number of nitrogens with two attached hydrogens (primary N) is 1. The van der Waals surface area contributed by atoms with Gasteiger partial charge in [-0.2, -0.15) is 0 Å². The minimum absolute atomic E-state index is 0.354. The molecule has 0 bridgehead atoms. The number of piperazine rings is 1. The minimum Gasteiger partial charge on any atom is -0.381 e. The lowest BCUT2D eigenvalue weighted by molar-refractivity contribution is -0.158. The lowest BCUT2D eigenvalue weighted by Crippen LogP contribution is -2.57. The van der Waals surface area contributed by atoms with Gasteiger partial charge in [-0.25, -0.2) is 19.9 Å². The molecular weight excluding hydrogens is 936 g/mol. The van der Waals surface area contributed by atoms with Crippen LogP contribution in [0.5, 0.6) is 0 Å². The maximum absolute atomic E-state index is 12.0. The number of hydrogen-bond donors (Lipinski definition) is 8. The highest BCUT2D eigenvalue weighted by molar-refractivity contribution is 7.17. The zero-order chi connectivity index (χ0) is 49.6. The van der Waals surface area contributed by atoms with E-state index in [1.807, 2.05) is 43.0 Å². The van der Waals surface area contributed by atoms with E-state index in [1.165, 1.54) is 28.9 Å². The number of halogens is 1. The van der Waals surface area contributed by atoms with E-state index in [0.29, 0.717) is 69.4 Å². The SMILES string of the molecule is Cc1nc(N2CCN(CCCCCCOCCCCCOCCCCCC(O)Nc3cccc4c3C(O)N(C3CCC(O)NC3O)C4O)CC2)cc(N(c2ncc(C(N)=O)s2)c2c(C)cccc2Cl)n1. The normalized spacial score (nSPS) is 21.3. The number of aliphatic hydroxyl groups excluding tert-OH is 5. The van der Waals surface area contributed by atoms with Gasteiger partial charge < -0.3 is 51.0 Å². The van der Waals surface area contributed by atoms with Crippen LogP contribution in [-0.4, -0.2) is 140 Å². The number of anilines is 5. The summed E-state index contributed by atoms with van der Waals surface area (Å²) in [5, 5.41) is 60.2. The Kier molecular flexibility index (Phi) is 20.4. The summed E-state index contributed by atoms with van der Waals surface area (Å²) < 4.78 is 11.8. The molecule has 7 rings (SSSR count). The van der Waals surface area contributed by atoms with Gasteiger partial charge in [0.05, 0.1) is 22.9 Å². The molecule has 3 aliphatic heterocycles. The third-order valence-corrected chi connectivity index (χ3v) is 14.6. The van der Waals surface area contributed by atoms with Gasteiger partial charge in [0.15, 0.2) is 5.13 Å². The molecule has 2 fully saturated rings. The fourth-order valence-electron chi connectivity index (χ4n) is 9.58. The summed E-state index contributed by atoms with van der Waals surface area (Å²) in [6.45, 7) is 11.6. The van der Waals surface area contributed by atoms with Crippen LogP contribution in [0.15, 0.2) is 48.7 Å². The molecule has 18 nitrogen and oxygen atoms in total. The molecule has 0 radical (unpaired) electrons. The number of rotatable bonds is 27. The van der Waals surface area contributed by atoms with Crippen LogP contribution >= 0.6 is 22.9 Å². The number of carbonyl (C=O) groups is 1. The van der Waals surface area contributed by atoms with Gasteiger partial charge in [0.25, 0.3) is 5.91 Å².